The van der Waals surface area contributed by atoms with Gasteiger partial charge in [0, 0.05) is 12.6 Å². The van der Waals surface area contributed by atoms with Crippen LogP contribution in [0.25, 0.3) is 0 Å². The van der Waals surface area contributed by atoms with Crippen molar-refractivity contribution in [1.82, 2.24) is 5.32 Å². The molecule has 1 aromatic rings. The average Bonchev–Trinajstić information content (AvgIpc) is 3.33. The topological polar surface area (TPSA) is 50.7 Å². The van der Waals surface area contributed by atoms with E-state index >= 15 is 0 Å². The number of rotatable bonds is 10. The Morgan fingerprint density at radius 1 is 1.18 bits per heavy atom. The van der Waals surface area contributed by atoms with Gasteiger partial charge in [0.25, 0.3) is 0 Å². The summed E-state index contributed by atoms with van der Waals surface area (Å²) in [6.45, 7) is 7.90. The molecule has 1 fully saturated rings. The molecule has 0 amide bonds. The molecule has 2 unspecified atom stereocenters. The molecule has 0 radical (unpaired) electrons. The summed E-state index contributed by atoms with van der Waals surface area (Å²) in [5.74, 6) is 1.56. The smallest absolute Gasteiger partial charge is 0.119 e. The van der Waals surface area contributed by atoms with E-state index in [-0.39, 0.29) is 6.10 Å². The van der Waals surface area contributed by atoms with Gasteiger partial charge in [-0.25, -0.2) is 0 Å². The lowest BCUT2D eigenvalue weighted by molar-refractivity contribution is 0.0578. The van der Waals surface area contributed by atoms with Crippen LogP contribution < -0.4 is 10.1 Å². The molecule has 2 atom stereocenters. The molecule has 1 saturated carbocycles. The third-order valence-corrected chi connectivity index (χ3v) is 3.83. The van der Waals surface area contributed by atoms with Crippen molar-refractivity contribution in [3.63, 3.8) is 0 Å². The number of aliphatic hydroxyl groups is 1. The maximum absolute atomic E-state index is 9.82. The van der Waals surface area contributed by atoms with Gasteiger partial charge in [0.15, 0.2) is 0 Å². The molecule has 22 heavy (non-hydrogen) atoms. The number of benzene rings is 1. The van der Waals surface area contributed by atoms with Crippen LogP contribution in [0.4, 0.5) is 0 Å². The highest BCUT2D eigenvalue weighted by Gasteiger charge is 2.22. The van der Waals surface area contributed by atoms with Gasteiger partial charge in [-0.15, -0.1) is 0 Å². The number of hydrogen-bond acceptors (Lipinski definition) is 4. The van der Waals surface area contributed by atoms with Gasteiger partial charge in [-0.2, -0.15) is 0 Å². The lowest BCUT2D eigenvalue weighted by atomic mass is 10.1. The molecular weight excluding hydrogens is 278 g/mol. The van der Waals surface area contributed by atoms with E-state index in [1.54, 1.807) is 0 Å². The van der Waals surface area contributed by atoms with Crippen molar-refractivity contribution in [2.75, 3.05) is 19.8 Å². The van der Waals surface area contributed by atoms with Crippen molar-refractivity contribution >= 4 is 0 Å². The van der Waals surface area contributed by atoms with Crippen molar-refractivity contribution < 1.29 is 14.6 Å². The lowest BCUT2D eigenvalue weighted by Gasteiger charge is -2.16. The number of nitrogens with one attached hydrogen (secondary N) is 1. The summed E-state index contributed by atoms with van der Waals surface area (Å²) in [6, 6.07) is 8.31. The molecular formula is C18H29NO3. The van der Waals surface area contributed by atoms with Crippen LogP contribution in [0.5, 0.6) is 5.75 Å². The standard InChI is InChI=1S/C18H29NO3/c1-13(2)19-10-17(20)12-22-18-8-6-16(7-9-18)14(3)21-11-15-4-5-15/h6-9,13-15,17,19-20H,4-5,10-12H2,1-3H3. The first-order chi connectivity index (χ1) is 10.5. The molecule has 0 heterocycles. The van der Waals surface area contributed by atoms with Gasteiger partial charge in [0.1, 0.15) is 18.5 Å². The predicted molar refractivity (Wildman–Crippen MR) is 88.2 cm³/mol. The molecule has 4 heteroatoms. The minimum Gasteiger partial charge on any atom is -0.491 e. The SMILES string of the molecule is CC(C)NCC(O)COc1ccc(C(C)OCC2CC2)cc1. The molecule has 0 aromatic heterocycles. The number of ether oxygens (including phenoxy) is 2. The maximum atomic E-state index is 9.82. The van der Waals surface area contributed by atoms with Crippen LogP contribution >= 0.6 is 0 Å². The van der Waals surface area contributed by atoms with Crippen molar-refractivity contribution in [3.05, 3.63) is 29.8 Å². The van der Waals surface area contributed by atoms with E-state index in [9.17, 15) is 5.11 Å². The van der Waals surface area contributed by atoms with Gasteiger partial charge in [-0.1, -0.05) is 26.0 Å². The Bertz CT molecular complexity index is 428. The molecule has 4 nitrogen and oxygen atoms in total. The molecule has 0 aliphatic heterocycles. The highest BCUT2D eigenvalue weighted by Crippen LogP contribution is 2.31. The third-order valence-electron chi connectivity index (χ3n) is 3.83. The van der Waals surface area contributed by atoms with Gasteiger partial charge in [0.2, 0.25) is 0 Å². The maximum Gasteiger partial charge on any atom is 0.119 e. The molecule has 124 valence electrons. The Labute approximate surface area is 133 Å². The fourth-order valence-corrected chi connectivity index (χ4v) is 2.12. The van der Waals surface area contributed by atoms with E-state index in [2.05, 4.69) is 26.1 Å². The molecule has 0 bridgehead atoms. The molecule has 2 rings (SSSR count). The lowest BCUT2D eigenvalue weighted by Crippen LogP contribution is -2.35. The fourth-order valence-electron chi connectivity index (χ4n) is 2.12. The molecule has 1 aromatic carbocycles. The summed E-state index contributed by atoms with van der Waals surface area (Å²) >= 11 is 0. The first kappa shape index (κ1) is 17.3. The minimum atomic E-state index is -0.497. The van der Waals surface area contributed by atoms with E-state index < -0.39 is 6.10 Å². The Balaban J connectivity index is 1.71. The zero-order valence-corrected chi connectivity index (χ0v) is 13.9. The van der Waals surface area contributed by atoms with E-state index in [1.807, 2.05) is 24.3 Å². The van der Waals surface area contributed by atoms with Crippen molar-refractivity contribution in [1.29, 1.82) is 0 Å². The second-order valence-electron chi connectivity index (χ2n) is 6.52. The van der Waals surface area contributed by atoms with Crippen LogP contribution in [-0.4, -0.2) is 37.0 Å². The van der Waals surface area contributed by atoms with Crippen LogP contribution in [0.15, 0.2) is 24.3 Å². The second kappa shape index (κ2) is 8.51. The van der Waals surface area contributed by atoms with Crippen molar-refractivity contribution in [3.8, 4) is 5.75 Å². The first-order valence-corrected chi connectivity index (χ1v) is 8.30. The highest BCUT2D eigenvalue weighted by molar-refractivity contribution is 5.28. The first-order valence-electron chi connectivity index (χ1n) is 8.30. The van der Waals surface area contributed by atoms with Crippen LogP contribution in [-0.2, 0) is 4.74 Å². The van der Waals surface area contributed by atoms with Crippen LogP contribution in [0.3, 0.4) is 0 Å². The molecule has 0 spiro atoms. The van der Waals surface area contributed by atoms with Gasteiger partial charge >= 0.3 is 0 Å². The summed E-state index contributed by atoms with van der Waals surface area (Å²) in [6.07, 6.45) is 2.25. The van der Waals surface area contributed by atoms with Crippen LogP contribution in [0, 0.1) is 5.92 Å². The quantitative estimate of drug-likeness (QED) is 0.698. The Morgan fingerprint density at radius 2 is 1.86 bits per heavy atom. The number of hydrogen-bond donors (Lipinski definition) is 2. The normalized spacial score (nSPS) is 17.5. The zero-order chi connectivity index (χ0) is 15.9. The highest BCUT2D eigenvalue weighted by atomic mass is 16.5. The van der Waals surface area contributed by atoms with E-state index in [0.29, 0.717) is 19.2 Å². The summed E-state index contributed by atoms with van der Waals surface area (Å²) < 4.78 is 11.5. The molecule has 1 aliphatic rings. The van der Waals surface area contributed by atoms with Gasteiger partial charge in [-0.05, 0) is 43.4 Å². The molecule has 0 saturated heterocycles. The summed E-state index contributed by atoms with van der Waals surface area (Å²) in [5.41, 5.74) is 1.16. The Hall–Kier alpha value is -1.10. The minimum absolute atomic E-state index is 0.121. The third kappa shape index (κ3) is 6.34. The van der Waals surface area contributed by atoms with Crippen molar-refractivity contribution in [2.24, 2.45) is 5.92 Å². The van der Waals surface area contributed by atoms with E-state index in [4.69, 9.17) is 9.47 Å². The van der Waals surface area contributed by atoms with Crippen LogP contribution in [0.2, 0.25) is 0 Å². The van der Waals surface area contributed by atoms with Gasteiger partial charge < -0.3 is 19.9 Å². The molecule has 1 aliphatic carbocycles. The second-order valence-corrected chi connectivity index (χ2v) is 6.52. The van der Waals surface area contributed by atoms with Crippen LogP contribution in [0.1, 0.15) is 45.3 Å². The number of aliphatic hydroxyl groups excluding tert-OH is 1. The van der Waals surface area contributed by atoms with Gasteiger partial charge in [-0.3, -0.25) is 0 Å². The zero-order valence-electron chi connectivity index (χ0n) is 13.9. The molecule has 2 N–H and O–H groups in total. The summed E-state index contributed by atoms with van der Waals surface area (Å²) in [7, 11) is 0. The fraction of sp³-hybridized carbons (Fsp3) is 0.667. The summed E-state index contributed by atoms with van der Waals surface area (Å²) in [4.78, 5) is 0. The van der Waals surface area contributed by atoms with Crippen molar-refractivity contribution in [2.45, 2.75) is 51.9 Å². The van der Waals surface area contributed by atoms with E-state index in [1.165, 1.54) is 12.8 Å². The largest absolute Gasteiger partial charge is 0.491 e. The average molecular weight is 307 g/mol. The Morgan fingerprint density at radius 3 is 2.45 bits per heavy atom. The summed E-state index contributed by atoms with van der Waals surface area (Å²) in [5, 5.41) is 13.0. The predicted octanol–water partition coefficient (Wildman–Crippen LogP) is 2.91. The van der Waals surface area contributed by atoms with Gasteiger partial charge in [0.05, 0.1) is 12.7 Å². The van der Waals surface area contributed by atoms with E-state index in [0.717, 1.165) is 23.8 Å². The Kier molecular flexibility index (Phi) is 6.68. The monoisotopic (exact) mass is 307 g/mol.